The van der Waals surface area contributed by atoms with Crippen molar-refractivity contribution in [1.82, 2.24) is 10.2 Å². The molecule has 41 heavy (non-hydrogen) atoms. The molecule has 10 heteroatoms. The minimum Gasteiger partial charge on any atom is -0.497 e. The van der Waals surface area contributed by atoms with Gasteiger partial charge in [-0.25, -0.2) is 8.42 Å². The fourth-order valence-corrected chi connectivity index (χ4v) is 5.81. The molecule has 0 saturated carbocycles. The van der Waals surface area contributed by atoms with Gasteiger partial charge < -0.3 is 15.0 Å². The summed E-state index contributed by atoms with van der Waals surface area (Å²) in [5.74, 6) is -0.211. The Morgan fingerprint density at radius 3 is 2.20 bits per heavy atom. The lowest BCUT2D eigenvalue weighted by Gasteiger charge is -2.33. The summed E-state index contributed by atoms with van der Waals surface area (Å²) in [6.45, 7) is 8.66. The molecule has 3 aromatic rings. The molecule has 0 fully saturated rings. The van der Waals surface area contributed by atoms with Crippen LogP contribution in [0.3, 0.4) is 0 Å². The van der Waals surface area contributed by atoms with Crippen molar-refractivity contribution in [3.05, 3.63) is 88.4 Å². The van der Waals surface area contributed by atoms with Gasteiger partial charge in [0, 0.05) is 17.6 Å². The van der Waals surface area contributed by atoms with Crippen LogP contribution in [0.15, 0.2) is 71.6 Å². The van der Waals surface area contributed by atoms with Crippen LogP contribution in [0.25, 0.3) is 0 Å². The van der Waals surface area contributed by atoms with Crippen LogP contribution in [-0.4, -0.2) is 50.9 Å². The average molecular weight is 600 g/mol. The van der Waals surface area contributed by atoms with Crippen molar-refractivity contribution in [3.8, 4) is 5.75 Å². The number of amides is 2. The quantitative estimate of drug-likeness (QED) is 0.297. The standard InChI is InChI=1S/C31H38ClN3O5S/c1-7-23(4)33-31(37)24(5)34(19-25-11-14-27(40-6)15-12-25)30(36)20-35(29-18-26(32)13-10-22(29)3)41(38,39)28-16-8-21(2)9-17-28/h8-18,23-24H,7,19-20H2,1-6H3,(H,33,37)/t23-,24+/m1/s1. The van der Waals surface area contributed by atoms with E-state index in [2.05, 4.69) is 5.32 Å². The third-order valence-electron chi connectivity index (χ3n) is 7.01. The highest BCUT2D eigenvalue weighted by molar-refractivity contribution is 7.92. The maximum atomic E-state index is 14.1. The number of nitrogens with one attached hydrogen (secondary N) is 1. The van der Waals surface area contributed by atoms with Crippen LogP contribution >= 0.6 is 11.6 Å². The molecule has 0 saturated heterocycles. The van der Waals surface area contributed by atoms with Crippen molar-refractivity contribution in [2.24, 2.45) is 0 Å². The van der Waals surface area contributed by atoms with Gasteiger partial charge in [-0.05, 0) is 81.6 Å². The van der Waals surface area contributed by atoms with Crippen LogP contribution in [-0.2, 0) is 26.2 Å². The molecule has 0 radical (unpaired) electrons. The highest BCUT2D eigenvalue weighted by Gasteiger charge is 2.33. The lowest BCUT2D eigenvalue weighted by molar-refractivity contribution is -0.139. The number of hydrogen-bond acceptors (Lipinski definition) is 5. The van der Waals surface area contributed by atoms with Gasteiger partial charge >= 0.3 is 0 Å². The summed E-state index contributed by atoms with van der Waals surface area (Å²) < 4.78 is 34.3. The highest BCUT2D eigenvalue weighted by Crippen LogP contribution is 2.30. The van der Waals surface area contributed by atoms with E-state index in [9.17, 15) is 18.0 Å². The van der Waals surface area contributed by atoms with Crippen LogP contribution in [0, 0.1) is 13.8 Å². The maximum Gasteiger partial charge on any atom is 0.264 e. The van der Waals surface area contributed by atoms with Crippen molar-refractivity contribution in [2.75, 3.05) is 18.0 Å². The van der Waals surface area contributed by atoms with E-state index >= 15 is 0 Å². The summed E-state index contributed by atoms with van der Waals surface area (Å²) >= 11 is 6.28. The topological polar surface area (TPSA) is 96.0 Å². The van der Waals surface area contributed by atoms with Crippen molar-refractivity contribution < 1.29 is 22.7 Å². The number of carbonyl (C=O) groups excluding carboxylic acids is 2. The van der Waals surface area contributed by atoms with Crippen LogP contribution in [0.4, 0.5) is 5.69 Å². The van der Waals surface area contributed by atoms with E-state index in [-0.39, 0.29) is 29.1 Å². The summed E-state index contributed by atoms with van der Waals surface area (Å²) in [7, 11) is -2.62. The second kappa shape index (κ2) is 13.9. The Morgan fingerprint density at radius 2 is 1.61 bits per heavy atom. The Bertz CT molecular complexity index is 1460. The minimum absolute atomic E-state index is 0.0412. The van der Waals surface area contributed by atoms with Crippen LogP contribution in [0.2, 0.25) is 5.02 Å². The van der Waals surface area contributed by atoms with Gasteiger partial charge in [-0.15, -0.1) is 0 Å². The molecule has 8 nitrogen and oxygen atoms in total. The summed E-state index contributed by atoms with van der Waals surface area (Å²) in [6, 6.07) is 17.5. The first-order valence-corrected chi connectivity index (χ1v) is 15.3. The zero-order valence-corrected chi connectivity index (χ0v) is 25.9. The lowest BCUT2D eigenvalue weighted by Crippen LogP contribution is -2.52. The number of halogens is 1. The van der Waals surface area contributed by atoms with Gasteiger partial charge in [-0.1, -0.05) is 54.4 Å². The molecule has 0 aliphatic heterocycles. The SMILES string of the molecule is CC[C@@H](C)NC(=O)[C@H](C)N(Cc1ccc(OC)cc1)C(=O)CN(c1cc(Cl)ccc1C)S(=O)(=O)c1ccc(C)cc1. The number of anilines is 1. The molecule has 0 aliphatic carbocycles. The number of ether oxygens (including phenoxy) is 1. The zero-order chi connectivity index (χ0) is 30.3. The summed E-state index contributed by atoms with van der Waals surface area (Å²) in [5, 5.41) is 3.26. The predicted octanol–water partition coefficient (Wildman–Crippen LogP) is 5.49. The van der Waals surface area contributed by atoms with Crippen molar-refractivity contribution in [2.45, 2.75) is 64.6 Å². The molecule has 0 aliphatic rings. The Morgan fingerprint density at radius 1 is 0.976 bits per heavy atom. The van der Waals surface area contributed by atoms with E-state index in [4.69, 9.17) is 16.3 Å². The summed E-state index contributed by atoms with van der Waals surface area (Å²) in [6.07, 6.45) is 0.724. The van der Waals surface area contributed by atoms with Gasteiger partial charge in [0.05, 0.1) is 17.7 Å². The van der Waals surface area contributed by atoms with Gasteiger partial charge in [0.1, 0.15) is 18.3 Å². The van der Waals surface area contributed by atoms with E-state index < -0.39 is 28.5 Å². The molecule has 1 N–H and O–H groups in total. The Hall–Kier alpha value is -3.56. The molecule has 2 amide bonds. The first kappa shape index (κ1) is 32.0. The lowest BCUT2D eigenvalue weighted by atomic mass is 10.1. The monoisotopic (exact) mass is 599 g/mol. The second-order valence-electron chi connectivity index (χ2n) is 10.1. The van der Waals surface area contributed by atoms with E-state index in [0.717, 1.165) is 21.9 Å². The van der Waals surface area contributed by atoms with Crippen molar-refractivity contribution in [1.29, 1.82) is 0 Å². The van der Waals surface area contributed by atoms with Gasteiger partial charge in [0.15, 0.2) is 0 Å². The van der Waals surface area contributed by atoms with Gasteiger partial charge in [-0.3, -0.25) is 13.9 Å². The van der Waals surface area contributed by atoms with Crippen LogP contribution < -0.4 is 14.4 Å². The van der Waals surface area contributed by atoms with E-state index in [1.165, 1.54) is 23.1 Å². The van der Waals surface area contributed by atoms with E-state index in [1.807, 2.05) is 20.8 Å². The molecule has 3 aromatic carbocycles. The smallest absolute Gasteiger partial charge is 0.264 e. The van der Waals surface area contributed by atoms with Crippen molar-refractivity contribution in [3.63, 3.8) is 0 Å². The number of aryl methyl sites for hydroxylation is 2. The highest BCUT2D eigenvalue weighted by atomic mass is 35.5. The fraction of sp³-hybridized carbons (Fsp3) is 0.355. The number of sulfonamides is 1. The molecule has 0 aromatic heterocycles. The Balaban J connectivity index is 2.06. The van der Waals surface area contributed by atoms with Gasteiger partial charge in [0.25, 0.3) is 10.0 Å². The van der Waals surface area contributed by atoms with Crippen molar-refractivity contribution >= 4 is 39.1 Å². The first-order valence-electron chi connectivity index (χ1n) is 13.5. The van der Waals surface area contributed by atoms with E-state index in [1.54, 1.807) is 69.5 Å². The number of nitrogens with zero attached hydrogens (tertiary/aromatic N) is 2. The maximum absolute atomic E-state index is 14.1. The zero-order valence-electron chi connectivity index (χ0n) is 24.3. The molecule has 220 valence electrons. The number of hydrogen-bond donors (Lipinski definition) is 1. The molecule has 3 rings (SSSR count). The number of rotatable bonds is 12. The predicted molar refractivity (Wildman–Crippen MR) is 163 cm³/mol. The van der Waals surface area contributed by atoms with Gasteiger partial charge in [0.2, 0.25) is 11.8 Å². The summed E-state index contributed by atoms with van der Waals surface area (Å²) in [5.41, 5.74) is 2.57. The molecular weight excluding hydrogens is 562 g/mol. The Labute approximate surface area is 248 Å². The molecular formula is C31H38ClN3O5S. The number of methoxy groups -OCH3 is 1. The molecule has 0 heterocycles. The van der Waals surface area contributed by atoms with Gasteiger partial charge in [-0.2, -0.15) is 0 Å². The number of benzene rings is 3. The largest absolute Gasteiger partial charge is 0.497 e. The molecule has 0 bridgehead atoms. The van der Waals surface area contributed by atoms with Crippen LogP contribution in [0.5, 0.6) is 5.75 Å². The fourth-order valence-electron chi connectivity index (χ4n) is 4.18. The minimum atomic E-state index is -4.18. The summed E-state index contributed by atoms with van der Waals surface area (Å²) in [4.78, 5) is 28.7. The third-order valence-corrected chi connectivity index (χ3v) is 9.02. The van der Waals surface area contributed by atoms with E-state index in [0.29, 0.717) is 16.3 Å². The molecule has 2 atom stereocenters. The third kappa shape index (κ3) is 8.01. The first-order chi connectivity index (χ1) is 19.4. The average Bonchev–Trinajstić information content (AvgIpc) is 2.95. The van der Waals surface area contributed by atoms with Crippen LogP contribution in [0.1, 0.15) is 43.9 Å². The second-order valence-corrected chi connectivity index (χ2v) is 12.4. The molecule has 0 spiro atoms. The molecule has 0 unspecified atom stereocenters. The Kier molecular flexibility index (Phi) is 10.8. The normalized spacial score (nSPS) is 12.8. The number of carbonyl (C=O) groups is 2.